The average molecular weight is 408 g/mol. The molecule has 2 aliphatic rings. The summed E-state index contributed by atoms with van der Waals surface area (Å²) >= 11 is 0. The summed E-state index contributed by atoms with van der Waals surface area (Å²) < 4.78 is 1.88. The minimum atomic E-state index is -0.0931. The van der Waals surface area contributed by atoms with Gasteiger partial charge in [-0.05, 0) is 30.5 Å². The largest absolute Gasteiger partial charge is 0.349 e. The fraction of sp³-hybridized carbons (Fsp3) is 0.435. The van der Waals surface area contributed by atoms with Crippen molar-refractivity contribution < 1.29 is 9.59 Å². The first-order chi connectivity index (χ1) is 14.6. The van der Waals surface area contributed by atoms with Crippen molar-refractivity contribution in [3.05, 3.63) is 65.0 Å². The van der Waals surface area contributed by atoms with E-state index in [0.717, 1.165) is 63.1 Å². The number of aryl methyl sites for hydroxylation is 1. The van der Waals surface area contributed by atoms with Gasteiger partial charge in [0.05, 0.1) is 0 Å². The fourth-order valence-electron chi connectivity index (χ4n) is 4.31. The highest BCUT2D eigenvalue weighted by molar-refractivity contribution is 5.94. The number of benzene rings is 1. The number of nitrogens with zero attached hydrogens (tertiary/aromatic N) is 4. The van der Waals surface area contributed by atoms with Crippen LogP contribution in [-0.2, 0) is 26.6 Å². The van der Waals surface area contributed by atoms with E-state index >= 15 is 0 Å². The van der Waals surface area contributed by atoms with Gasteiger partial charge in [0, 0.05) is 69.6 Å². The van der Waals surface area contributed by atoms with Gasteiger partial charge in [0.15, 0.2) is 5.69 Å². The van der Waals surface area contributed by atoms with E-state index in [1.807, 2.05) is 40.9 Å². The SMILES string of the molecule is C=CCNC(=O)c1ccc(CN2CCc3c(c(C(=O)N4CCCC4)nn3C)C2)cc1. The molecule has 0 spiro atoms. The number of rotatable bonds is 6. The number of hydrogen-bond donors (Lipinski definition) is 1. The predicted octanol–water partition coefficient (Wildman–Crippen LogP) is 2.13. The zero-order valence-electron chi connectivity index (χ0n) is 17.6. The van der Waals surface area contributed by atoms with Crippen molar-refractivity contribution >= 4 is 11.8 Å². The van der Waals surface area contributed by atoms with E-state index in [1.165, 1.54) is 5.69 Å². The quantitative estimate of drug-likeness (QED) is 0.745. The summed E-state index contributed by atoms with van der Waals surface area (Å²) in [6.07, 6.45) is 4.70. The third-order valence-electron chi connectivity index (χ3n) is 5.95. The average Bonchev–Trinajstić information content (AvgIpc) is 3.41. The van der Waals surface area contributed by atoms with Crippen LogP contribution in [0.3, 0.4) is 0 Å². The van der Waals surface area contributed by atoms with Crippen LogP contribution in [0.5, 0.6) is 0 Å². The summed E-state index contributed by atoms with van der Waals surface area (Å²) in [6, 6.07) is 7.71. The van der Waals surface area contributed by atoms with Crippen LogP contribution in [0.2, 0.25) is 0 Å². The lowest BCUT2D eigenvalue weighted by molar-refractivity contribution is 0.0783. The smallest absolute Gasteiger partial charge is 0.274 e. The molecule has 1 aromatic heterocycles. The summed E-state index contributed by atoms with van der Waals surface area (Å²) in [4.78, 5) is 29.3. The van der Waals surface area contributed by atoms with Crippen molar-refractivity contribution in [1.29, 1.82) is 0 Å². The first-order valence-electron chi connectivity index (χ1n) is 10.6. The number of amides is 2. The molecule has 1 N–H and O–H groups in total. The number of fused-ring (bicyclic) bond motifs is 1. The van der Waals surface area contributed by atoms with E-state index in [-0.39, 0.29) is 11.8 Å². The Morgan fingerprint density at radius 2 is 1.90 bits per heavy atom. The number of likely N-dealkylation sites (tertiary alicyclic amines) is 1. The van der Waals surface area contributed by atoms with Crippen LogP contribution < -0.4 is 5.32 Å². The van der Waals surface area contributed by atoms with Gasteiger partial charge in [-0.3, -0.25) is 19.2 Å². The van der Waals surface area contributed by atoms with Crippen molar-refractivity contribution in [1.82, 2.24) is 24.9 Å². The minimum absolute atomic E-state index is 0.0705. The highest BCUT2D eigenvalue weighted by Gasteiger charge is 2.30. The summed E-state index contributed by atoms with van der Waals surface area (Å²) in [5.41, 5.74) is 4.65. The van der Waals surface area contributed by atoms with E-state index in [9.17, 15) is 9.59 Å². The van der Waals surface area contributed by atoms with Crippen LogP contribution in [0.4, 0.5) is 0 Å². The molecule has 1 saturated heterocycles. The lowest BCUT2D eigenvalue weighted by Crippen LogP contribution is -2.33. The molecule has 0 bridgehead atoms. The van der Waals surface area contributed by atoms with Gasteiger partial charge in [0.1, 0.15) is 0 Å². The number of aromatic nitrogens is 2. The van der Waals surface area contributed by atoms with Crippen LogP contribution in [0.15, 0.2) is 36.9 Å². The van der Waals surface area contributed by atoms with Gasteiger partial charge < -0.3 is 10.2 Å². The topological polar surface area (TPSA) is 70.5 Å². The van der Waals surface area contributed by atoms with Crippen LogP contribution in [-0.4, -0.2) is 57.6 Å². The Balaban J connectivity index is 1.44. The van der Waals surface area contributed by atoms with Crippen LogP contribution in [0, 0.1) is 0 Å². The van der Waals surface area contributed by atoms with Crippen LogP contribution in [0.1, 0.15) is 50.5 Å². The summed E-state index contributed by atoms with van der Waals surface area (Å²) in [5, 5.41) is 7.37. The molecule has 1 aromatic carbocycles. The normalized spacial score (nSPS) is 16.4. The summed E-state index contributed by atoms with van der Waals surface area (Å²) in [6.45, 7) is 8.16. The third-order valence-corrected chi connectivity index (χ3v) is 5.95. The standard InChI is InChI=1S/C23H29N5O2/c1-3-11-24-22(29)18-8-6-17(7-9-18)15-27-14-10-20-19(16-27)21(25-26(20)2)23(30)28-12-4-5-13-28/h3,6-9H,1,4-5,10-16H2,2H3,(H,24,29). The van der Waals surface area contributed by atoms with Gasteiger partial charge in [-0.15, -0.1) is 6.58 Å². The van der Waals surface area contributed by atoms with Crippen molar-refractivity contribution in [2.75, 3.05) is 26.2 Å². The molecule has 3 heterocycles. The molecule has 4 rings (SSSR count). The maximum atomic E-state index is 13.0. The minimum Gasteiger partial charge on any atom is -0.349 e. The summed E-state index contributed by atoms with van der Waals surface area (Å²) in [7, 11) is 1.94. The second-order valence-electron chi connectivity index (χ2n) is 8.05. The Kier molecular flexibility index (Phi) is 5.99. The molecule has 1 fully saturated rings. The Hall–Kier alpha value is -2.93. The highest BCUT2D eigenvalue weighted by Crippen LogP contribution is 2.25. The van der Waals surface area contributed by atoms with Gasteiger partial charge in [0.25, 0.3) is 11.8 Å². The van der Waals surface area contributed by atoms with E-state index in [2.05, 4.69) is 21.9 Å². The maximum Gasteiger partial charge on any atom is 0.274 e. The Labute approximate surface area is 177 Å². The van der Waals surface area contributed by atoms with E-state index in [4.69, 9.17) is 0 Å². The van der Waals surface area contributed by atoms with E-state index in [1.54, 1.807) is 6.08 Å². The van der Waals surface area contributed by atoms with Gasteiger partial charge in [-0.25, -0.2) is 0 Å². The monoisotopic (exact) mass is 407 g/mol. The van der Waals surface area contributed by atoms with Gasteiger partial charge in [0.2, 0.25) is 0 Å². The molecule has 0 radical (unpaired) electrons. The Morgan fingerprint density at radius 3 is 2.60 bits per heavy atom. The predicted molar refractivity (Wildman–Crippen MR) is 115 cm³/mol. The molecule has 0 aliphatic carbocycles. The first kappa shape index (κ1) is 20.3. The molecule has 30 heavy (non-hydrogen) atoms. The molecule has 0 saturated carbocycles. The van der Waals surface area contributed by atoms with Gasteiger partial charge >= 0.3 is 0 Å². The number of carbonyl (C=O) groups is 2. The molecule has 2 amide bonds. The van der Waals surface area contributed by atoms with Gasteiger partial charge in [-0.2, -0.15) is 5.10 Å². The molecule has 158 valence electrons. The van der Waals surface area contributed by atoms with Crippen LogP contribution in [0.25, 0.3) is 0 Å². The van der Waals surface area contributed by atoms with Gasteiger partial charge in [-0.1, -0.05) is 18.2 Å². The molecule has 7 heteroatoms. The molecule has 7 nitrogen and oxygen atoms in total. The fourth-order valence-corrected chi connectivity index (χ4v) is 4.31. The zero-order chi connectivity index (χ0) is 21.1. The number of nitrogens with one attached hydrogen (secondary N) is 1. The lowest BCUT2D eigenvalue weighted by atomic mass is 10.0. The molecule has 2 aromatic rings. The first-order valence-corrected chi connectivity index (χ1v) is 10.6. The van der Waals surface area contributed by atoms with Crippen molar-refractivity contribution in [2.24, 2.45) is 7.05 Å². The van der Waals surface area contributed by atoms with Crippen molar-refractivity contribution in [3.63, 3.8) is 0 Å². The number of hydrogen-bond acceptors (Lipinski definition) is 4. The maximum absolute atomic E-state index is 13.0. The second-order valence-corrected chi connectivity index (χ2v) is 8.05. The Bertz CT molecular complexity index is 941. The Morgan fingerprint density at radius 1 is 1.17 bits per heavy atom. The molecular formula is C23H29N5O2. The second kappa shape index (κ2) is 8.83. The third kappa shape index (κ3) is 4.16. The molecule has 2 aliphatic heterocycles. The number of carbonyl (C=O) groups excluding carboxylic acids is 2. The molecule has 0 unspecified atom stereocenters. The molecular weight excluding hydrogens is 378 g/mol. The highest BCUT2D eigenvalue weighted by atomic mass is 16.2. The van der Waals surface area contributed by atoms with Crippen molar-refractivity contribution in [3.8, 4) is 0 Å². The van der Waals surface area contributed by atoms with Crippen molar-refractivity contribution in [2.45, 2.75) is 32.4 Å². The molecule has 0 atom stereocenters. The summed E-state index contributed by atoms with van der Waals surface area (Å²) in [5.74, 6) is -0.0226. The van der Waals surface area contributed by atoms with E-state index in [0.29, 0.717) is 17.8 Å². The van der Waals surface area contributed by atoms with E-state index < -0.39 is 0 Å². The zero-order valence-corrected chi connectivity index (χ0v) is 17.6. The lowest BCUT2D eigenvalue weighted by Gasteiger charge is -2.28. The van der Waals surface area contributed by atoms with Crippen LogP contribution >= 0.6 is 0 Å².